The summed E-state index contributed by atoms with van der Waals surface area (Å²) < 4.78 is 5.77. The van der Waals surface area contributed by atoms with Crippen LogP contribution >= 0.6 is 0 Å². The third kappa shape index (κ3) is 1.69. The van der Waals surface area contributed by atoms with Crippen molar-refractivity contribution < 1.29 is 4.74 Å². The van der Waals surface area contributed by atoms with Crippen molar-refractivity contribution in [3.05, 3.63) is 0 Å². The Kier molecular flexibility index (Phi) is 2.82. The van der Waals surface area contributed by atoms with Crippen molar-refractivity contribution in [3.63, 3.8) is 0 Å². The number of rotatable bonds is 2. The lowest BCUT2D eigenvalue weighted by Gasteiger charge is -2.46. The Morgan fingerprint density at radius 3 is 2.93 bits per heavy atom. The van der Waals surface area contributed by atoms with Gasteiger partial charge in [-0.3, -0.25) is 4.90 Å². The molecule has 0 aliphatic carbocycles. The number of nitrogens with one attached hydrogen (secondary N) is 1. The number of ether oxygens (including phenoxy) is 1. The van der Waals surface area contributed by atoms with E-state index in [1.807, 2.05) is 0 Å². The highest BCUT2D eigenvalue weighted by Gasteiger charge is 2.41. The van der Waals surface area contributed by atoms with E-state index in [4.69, 9.17) is 4.74 Å². The van der Waals surface area contributed by atoms with Crippen LogP contribution in [0.15, 0.2) is 0 Å². The Morgan fingerprint density at radius 2 is 2.21 bits per heavy atom. The molecule has 1 N–H and O–H groups in total. The topological polar surface area (TPSA) is 24.5 Å². The van der Waals surface area contributed by atoms with Crippen LogP contribution in [0.5, 0.6) is 0 Å². The third-order valence-electron chi connectivity index (χ3n) is 3.84. The molecule has 0 aromatic carbocycles. The van der Waals surface area contributed by atoms with Gasteiger partial charge in [0.2, 0.25) is 0 Å². The molecular formula is C11H22N2O. The van der Waals surface area contributed by atoms with Crippen LogP contribution < -0.4 is 5.32 Å². The molecule has 2 unspecified atom stereocenters. The van der Waals surface area contributed by atoms with E-state index < -0.39 is 0 Å². The molecule has 2 rings (SSSR count). The summed E-state index contributed by atoms with van der Waals surface area (Å²) in [5.41, 5.74) is 0.318. The average Bonchev–Trinajstić information content (AvgIpc) is 2.64. The van der Waals surface area contributed by atoms with Crippen LogP contribution in [0.1, 0.15) is 27.2 Å². The van der Waals surface area contributed by atoms with Gasteiger partial charge in [0.25, 0.3) is 0 Å². The SMILES string of the molecule is CCC(C)(C)N1CCOC2CNCC21. The van der Waals surface area contributed by atoms with E-state index in [-0.39, 0.29) is 0 Å². The van der Waals surface area contributed by atoms with E-state index in [1.54, 1.807) is 0 Å². The van der Waals surface area contributed by atoms with E-state index >= 15 is 0 Å². The van der Waals surface area contributed by atoms with Crippen LogP contribution in [-0.2, 0) is 4.74 Å². The van der Waals surface area contributed by atoms with Crippen molar-refractivity contribution in [2.45, 2.75) is 44.9 Å². The quantitative estimate of drug-likeness (QED) is 0.712. The molecular weight excluding hydrogens is 176 g/mol. The summed E-state index contributed by atoms with van der Waals surface area (Å²) >= 11 is 0. The number of hydrogen-bond donors (Lipinski definition) is 1. The highest BCUT2D eigenvalue weighted by Crippen LogP contribution is 2.27. The fourth-order valence-electron chi connectivity index (χ4n) is 2.54. The summed E-state index contributed by atoms with van der Waals surface area (Å²) in [6.07, 6.45) is 1.63. The number of hydrogen-bond acceptors (Lipinski definition) is 3. The molecule has 0 spiro atoms. The van der Waals surface area contributed by atoms with Crippen LogP contribution in [0.3, 0.4) is 0 Å². The molecule has 0 radical (unpaired) electrons. The van der Waals surface area contributed by atoms with Gasteiger partial charge in [0, 0.05) is 25.2 Å². The minimum absolute atomic E-state index is 0.318. The standard InChI is InChI=1S/C11H22N2O/c1-4-11(2,3)13-5-6-14-10-8-12-7-9(10)13/h9-10,12H,4-8H2,1-3H3. The summed E-state index contributed by atoms with van der Waals surface area (Å²) in [4.78, 5) is 2.63. The van der Waals surface area contributed by atoms with Gasteiger partial charge in [0.15, 0.2) is 0 Å². The lowest BCUT2D eigenvalue weighted by atomic mass is 9.95. The van der Waals surface area contributed by atoms with Gasteiger partial charge in [-0.15, -0.1) is 0 Å². The first-order valence-corrected chi connectivity index (χ1v) is 5.74. The molecule has 2 saturated heterocycles. The Bertz CT molecular complexity index is 205. The van der Waals surface area contributed by atoms with Gasteiger partial charge >= 0.3 is 0 Å². The molecule has 0 bridgehead atoms. The maximum absolute atomic E-state index is 5.77. The van der Waals surface area contributed by atoms with Crippen molar-refractivity contribution in [2.75, 3.05) is 26.2 Å². The Hall–Kier alpha value is -0.120. The Morgan fingerprint density at radius 1 is 1.43 bits per heavy atom. The van der Waals surface area contributed by atoms with E-state index in [9.17, 15) is 0 Å². The zero-order valence-electron chi connectivity index (χ0n) is 9.55. The fraction of sp³-hybridized carbons (Fsp3) is 1.00. The molecule has 2 heterocycles. The van der Waals surface area contributed by atoms with Crippen molar-refractivity contribution in [3.8, 4) is 0 Å². The summed E-state index contributed by atoms with van der Waals surface area (Å²) in [7, 11) is 0. The van der Waals surface area contributed by atoms with Gasteiger partial charge in [-0.05, 0) is 20.3 Å². The summed E-state index contributed by atoms with van der Waals surface area (Å²) in [5, 5.41) is 3.42. The first kappa shape index (κ1) is 10.4. The van der Waals surface area contributed by atoms with Gasteiger partial charge < -0.3 is 10.1 Å². The Balaban J connectivity index is 2.10. The molecule has 0 saturated carbocycles. The smallest absolute Gasteiger partial charge is 0.0867 e. The molecule has 2 aliphatic heterocycles. The lowest BCUT2D eigenvalue weighted by Crippen LogP contribution is -2.58. The van der Waals surface area contributed by atoms with Gasteiger partial charge in [-0.25, -0.2) is 0 Å². The lowest BCUT2D eigenvalue weighted by molar-refractivity contribution is -0.0842. The molecule has 2 aliphatic rings. The minimum atomic E-state index is 0.318. The van der Waals surface area contributed by atoms with Gasteiger partial charge in [-0.2, -0.15) is 0 Å². The number of nitrogens with zero attached hydrogens (tertiary/aromatic N) is 1. The van der Waals surface area contributed by atoms with Gasteiger partial charge in [0.1, 0.15) is 0 Å². The zero-order chi connectivity index (χ0) is 10.2. The van der Waals surface area contributed by atoms with E-state index in [0.717, 1.165) is 26.2 Å². The summed E-state index contributed by atoms with van der Waals surface area (Å²) in [6, 6.07) is 0.596. The van der Waals surface area contributed by atoms with Crippen LogP contribution in [0.4, 0.5) is 0 Å². The van der Waals surface area contributed by atoms with Crippen LogP contribution in [-0.4, -0.2) is 48.8 Å². The predicted octanol–water partition coefficient (Wildman–Crippen LogP) is 0.848. The first-order chi connectivity index (χ1) is 6.65. The molecule has 2 fully saturated rings. The highest BCUT2D eigenvalue weighted by molar-refractivity contribution is 4.97. The maximum Gasteiger partial charge on any atom is 0.0867 e. The van der Waals surface area contributed by atoms with E-state index in [0.29, 0.717) is 17.7 Å². The monoisotopic (exact) mass is 198 g/mol. The van der Waals surface area contributed by atoms with Crippen LogP contribution in [0.2, 0.25) is 0 Å². The van der Waals surface area contributed by atoms with E-state index in [1.165, 1.54) is 6.42 Å². The van der Waals surface area contributed by atoms with Gasteiger partial charge in [-0.1, -0.05) is 6.92 Å². The largest absolute Gasteiger partial charge is 0.374 e. The minimum Gasteiger partial charge on any atom is -0.374 e. The number of morpholine rings is 1. The molecule has 3 nitrogen and oxygen atoms in total. The zero-order valence-corrected chi connectivity index (χ0v) is 9.55. The van der Waals surface area contributed by atoms with Crippen molar-refractivity contribution in [1.82, 2.24) is 10.2 Å². The average molecular weight is 198 g/mol. The molecule has 2 atom stereocenters. The van der Waals surface area contributed by atoms with Crippen LogP contribution in [0, 0.1) is 0 Å². The van der Waals surface area contributed by atoms with E-state index in [2.05, 4.69) is 31.0 Å². The third-order valence-corrected chi connectivity index (χ3v) is 3.84. The second-order valence-corrected chi connectivity index (χ2v) is 4.99. The highest BCUT2D eigenvalue weighted by atomic mass is 16.5. The summed E-state index contributed by atoms with van der Waals surface area (Å²) in [5.74, 6) is 0. The van der Waals surface area contributed by atoms with Crippen molar-refractivity contribution in [1.29, 1.82) is 0 Å². The summed E-state index contributed by atoms with van der Waals surface area (Å²) in [6.45, 7) is 11.1. The van der Waals surface area contributed by atoms with Crippen molar-refractivity contribution >= 4 is 0 Å². The van der Waals surface area contributed by atoms with Crippen LogP contribution in [0.25, 0.3) is 0 Å². The molecule has 0 aromatic rings. The maximum atomic E-state index is 5.77. The fourth-order valence-corrected chi connectivity index (χ4v) is 2.54. The van der Waals surface area contributed by atoms with Crippen molar-refractivity contribution in [2.24, 2.45) is 0 Å². The number of fused-ring (bicyclic) bond motifs is 1. The van der Waals surface area contributed by atoms with Gasteiger partial charge in [0.05, 0.1) is 18.8 Å². The normalized spacial score (nSPS) is 34.5. The predicted molar refractivity (Wildman–Crippen MR) is 57.5 cm³/mol. The molecule has 82 valence electrons. The molecule has 0 aromatic heterocycles. The Labute approximate surface area is 86.8 Å². The molecule has 14 heavy (non-hydrogen) atoms. The second kappa shape index (κ2) is 3.80. The first-order valence-electron chi connectivity index (χ1n) is 5.74. The molecule has 0 amide bonds. The second-order valence-electron chi connectivity index (χ2n) is 4.99. The molecule has 3 heteroatoms.